The lowest BCUT2D eigenvalue weighted by atomic mass is 10.1. The first-order chi connectivity index (χ1) is 11.4. The third-order valence-corrected chi connectivity index (χ3v) is 4.22. The molecule has 0 saturated heterocycles. The summed E-state index contributed by atoms with van der Waals surface area (Å²) in [5.41, 5.74) is 1.05. The monoisotopic (exact) mass is 330 g/mol. The standard InChI is InChI=1S/C20H23FO3/c1-20(2,22)12-13-23-14-6-8-15(9-7-14)24-19-11-10-18(21)16-4-3-5-17(16)19/h6-11,22H,3-5,12-13H2,1-2H3. The average Bonchev–Trinajstić information content (AvgIpc) is 3.01. The minimum Gasteiger partial charge on any atom is -0.493 e. The van der Waals surface area contributed by atoms with Gasteiger partial charge in [0.05, 0.1) is 12.2 Å². The van der Waals surface area contributed by atoms with Crippen molar-refractivity contribution in [2.75, 3.05) is 6.61 Å². The lowest BCUT2D eigenvalue weighted by Gasteiger charge is -2.17. The molecule has 0 aliphatic heterocycles. The Labute approximate surface area is 142 Å². The van der Waals surface area contributed by atoms with Crippen LogP contribution in [0.25, 0.3) is 0 Å². The second-order valence-corrected chi connectivity index (χ2v) is 6.84. The molecule has 24 heavy (non-hydrogen) atoms. The van der Waals surface area contributed by atoms with Crippen LogP contribution in [-0.4, -0.2) is 17.3 Å². The maximum Gasteiger partial charge on any atom is 0.131 e. The van der Waals surface area contributed by atoms with Crippen LogP contribution in [0.3, 0.4) is 0 Å². The lowest BCUT2D eigenvalue weighted by Crippen LogP contribution is -2.21. The smallest absolute Gasteiger partial charge is 0.131 e. The summed E-state index contributed by atoms with van der Waals surface area (Å²) in [6.45, 7) is 3.97. The molecular formula is C20H23FO3. The van der Waals surface area contributed by atoms with Crippen molar-refractivity contribution in [1.82, 2.24) is 0 Å². The molecule has 0 amide bonds. The summed E-state index contributed by atoms with van der Waals surface area (Å²) in [4.78, 5) is 0. The van der Waals surface area contributed by atoms with Gasteiger partial charge >= 0.3 is 0 Å². The Hall–Kier alpha value is -2.07. The van der Waals surface area contributed by atoms with Crippen LogP contribution in [0.2, 0.25) is 0 Å². The quantitative estimate of drug-likeness (QED) is 0.838. The first-order valence-corrected chi connectivity index (χ1v) is 8.36. The molecule has 1 aliphatic rings. The van der Waals surface area contributed by atoms with Gasteiger partial charge < -0.3 is 14.6 Å². The summed E-state index contributed by atoms with van der Waals surface area (Å²) in [7, 11) is 0. The molecule has 0 aromatic heterocycles. The van der Waals surface area contributed by atoms with Gasteiger partial charge in [0, 0.05) is 12.0 Å². The first-order valence-electron chi connectivity index (χ1n) is 8.36. The molecule has 3 nitrogen and oxygen atoms in total. The SMILES string of the molecule is CC(C)(O)CCOc1ccc(Oc2ccc(F)c3c2CCC3)cc1. The number of hydrogen-bond donors (Lipinski definition) is 1. The zero-order chi connectivity index (χ0) is 17.2. The number of fused-ring (bicyclic) bond motifs is 1. The van der Waals surface area contributed by atoms with E-state index in [1.54, 1.807) is 19.9 Å². The van der Waals surface area contributed by atoms with E-state index in [1.807, 2.05) is 24.3 Å². The van der Waals surface area contributed by atoms with Gasteiger partial charge in [0.1, 0.15) is 23.1 Å². The number of aliphatic hydroxyl groups is 1. The Kier molecular flexibility index (Phi) is 4.76. The molecule has 0 atom stereocenters. The molecule has 1 aliphatic carbocycles. The van der Waals surface area contributed by atoms with Crippen LogP contribution < -0.4 is 9.47 Å². The molecule has 1 N–H and O–H groups in total. The summed E-state index contributed by atoms with van der Waals surface area (Å²) in [5, 5.41) is 9.67. The van der Waals surface area contributed by atoms with Crippen LogP contribution in [0.1, 0.15) is 37.8 Å². The Morgan fingerprint density at radius 1 is 1.00 bits per heavy atom. The molecule has 2 aromatic rings. The second-order valence-electron chi connectivity index (χ2n) is 6.84. The third kappa shape index (κ3) is 4.06. The van der Waals surface area contributed by atoms with Crippen LogP contribution in [0.4, 0.5) is 4.39 Å². The van der Waals surface area contributed by atoms with Crippen LogP contribution in [-0.2, 0) is 12.8 Å². The van der Waals surface area contributed by atoms with Crippen molar-refractivity contribution in [1.29, 1.82) is 0 Å². The van der Waals surface area contributed by atoms with Gasteiger partial charge in [-0.2, -0.15) is 0 Å². The molecule has 128 valence electrons. The van der Waals surface area contributed by atoms with Gasteiger partial charge in [-0.05, 0) is 75.1 Å². The van der Waals surface area contributed by atoms with Crippen molar-refractivity contribution in [2.45, 2.75) is 45.1 Å². The fourth-order valence-electron chi connectivity index (χ4n) is 2.87. The van der Waals surface area contributed by atoms with Gasteiger partial charge in [0.25, 0.3) is 0 Å². The van der Waals surface area contributed by atoms with E-state index in [2.05, 4.69) is 0 Å². The molecule has 0 fully saturated rings. The number of benzene rings is 2. The average molecular weight is 330 g/mol. The molecular weight excluding hydrogens is 307 g/mol. The van der Waals surface area contributed by atoms with Crippen molar-refractivity contribution in [3.63, 3.8) is 0 Å². The fraction of sp³-hybridized carbons (Fsp3) is 0.400. The van der Waals surface area contributed by atoms with E-state index in [0.29, 0.717) is 18.8 Å². The van der Waals surface area contributed by atoms with Gasteiger partial charge in [-0.25, -0.2) is 4.39 Å². The van der Waals surface area contributed by atoms with Crippen LogP contribution in [0.5, 0.6) is 17.2 Å². The predicted octanol–water partition coefficient (Wildman–Crippen LogP) is 4.65. The maximum atomic E-state index is 13.8. The molecule has 0 radical (unpaired) electrons. The molecule has 0 spiro atoms. The summed E-state index contributed by atoms with van der Waals surface area (Å²) in [5.74, 6) is 2.03. The minimum atomic E-state index is -0.730. The van der Waals surface area contributed by atoms with E-state index >= 15 is 0 Å². The minimum absolute atomic E-state index is 0.134. The summed E-state index contributed by atoms with van der Waals surface area (Å²) in [6, 6.07) is 10.5. The van der Waals surface area contributed by atoms with Crippen molar-refractivity contribution in [2.24, 2.45) is 0 Å². The molecule has 0 unspecified atom stereocenters. The summed E-state index contributed by atoms with van der Waals surface area (Å²) < 4.78 is 25.3. The molecule has 0 heterocycles. The third-order valence-electron chi connectivity index (χ3n) is 4.22. The molecule has 3 rings (SSSR count). The van der Waals surface area contributed by atoms with Crippen molar-refractivity contribution in [3.8, 4) is 17.2 Å². The first kappa shape index (κ1) is 16.8. The number of hydrogen-bond acceptors (Lipinski definition) is 3. The van der Waals surface area contributed by atoms with E-state index in [9.17, 15) is 9.50 Å². The van der Waals surface area contributed by atoms with Crippen LogP contribution in [0.15, 0.2) is 36.4 Å². The second kappa shape index (κ2) is 6.81. The van der Waals surface area contributed by atoms with Crippen molar-refractivity contribution in [3.05, 3.63) is 53.3 Å². The summed E-state index contributed by atoms with van der Waals surface area (Å²) >= 11 is 0. The Morgan fingerprint density at radius 2 is 1.67 bits per heavy atom. The van der Waals surface area contributed by atoms with Crippen molar-refractivity contribution < 1.29 is 19.0 Å². The zero-order valence-corrected chi connectivity index (χ0v) is 14.1. The Balaban J connectivity index is 1.64. The maximum absolute atomic E-state index is 13.8. The van der Waals surface area contributed by atoms with E-state index in [1.165, 1.54) is 6.07 Å². The lowest BCUT2D eigenvalue weighted by molar-refractivity contribution is 0.0553. The van der Waals surface area contributed by atoms with E-state index in [4.69, 9.17) is 9.47 Å². The Bertz CT molecular complexity index is 702. The normalized spacial score (nSPS) is 13.7. The predicted molar refractivity (Wildman–Crippen MR) is 91.4 cm³/mol. The van der Waals surface area contributed by atoms with Crippen LogP contribution >= 0.6 is 0 Å². The highest BCUT2D eigenvalue weighted by atomic mass is 19.1. The molecule has 2 aromatic carbocycles. The van der Waals surface area contributed by atoms with Gasteiger partial charge in [0.15, 0.2) is 0 Å². The van der Waals surface area contributed by atoms with Gasteiger partial charge in [-0.1, -0.05) is 0 Å². The Morgan fingerprint density at radius 3 is 2.38 bits per heavy atom. The highest BCUT2D eigenvalue weighted by Crippen LogP contribution is 2.35. The zero-order valence-electron chi connectivity index (χ0n) is 14.1. The van der Waals surface area contributed by atoms with E-state index < -0.39 is 5.60 Å². The van der Waals surface area contributed by atoms with Crippen LogP contribution in [0, 0.1) is 5.82 Å². The highest BCUT2D eigenvalue weighted by Gasteiger charge is 2.20. The molecule has 0 bridgehead atoms. The van der Waals surface area contributed by atoms with Gasteiger partial charge in [-0.3, -0.25) is 0 Å². The number of halogens is 1. The number of rotatable bonds is 6. The molecule has 0 saturated carbocycles. The topological polar surface area (TPSA) is 38.7 Å². The van der Waals surface area contributed by atoms with Crippen molar-refractivity contribution >= 4 is 0 Å². The fourth-order valence-corrected chi connectivity index (χ4v) is 2.87. The largest absolute Gasteiger partial charge is 0.493 e. The van der Waals surface area contributed by atoms with E-state index in [0.717, 1.165) is 41.9 Å². The summed E-state index contributed by atoms with van der Waals surface area (Å²) in [6.07, 6.45) is 3.18. The number of ether oxygens (including phenoxy) is 2. The van der Waals surface area contributed by atoms with Gasteiger partial charge in [0.2, 0.25) is 0 Å². The highest BCUT2D eigenvalue weighted by molar-refractivity contribution is 5.46. The van der Waals surface area contributed by atoms with E-state index in [-0.39, 0.29) is 5.82 Å². The molecule has 4 heteroatoms. The van der Waals surface area contributed by atoms with Gasteiger partial charge in [-0.15, -0.1) is 0 Å².